The summed E-state index contributed by atoms with van der Waals surface area (Å²) in [6, 6.07) is 0. The summed E-state index contributed by atoms with van der Waals surface area (Å²) in [5, 5.41) is 10.5. The van der Waals surface area contributed by atoms with Crippen molar-refractivity contribution in [3.63, 3.8) is 0 Å². The Bertz CT molecular complexity index is 1570. The molecule has 0 bridgehead atoms. The molecule has 0 aliphatic heterocycles. The van der Waals surface area contributed by atoms with Crippen LogP contribution in [0.15, 0.2) is 0 Å². The Hall–Kier alpha value is -1.94. The molecule has 0 radical (unpaired) electrons. The monoisotopic (exact) mass is 1180 g/mol. The number of esters is 4. The van der Waals surface area contributed by atoms with E-state index >= 15 is 0 Å². The lowest BCUT2D eigenvalue weighted by Crippen LogP contribution is -2.30. The summed E-state index contributed by atoms with van der Waals surface area (Å²) in [4.78, 5) is 71.6. The fraction of sp³-hybridized carbons (Fsp3) is 0.934. The molecule has 0 aromatic carbocycles. The number of carbonyl (C=O) groups is 4. The van der Waals surface area contributed by atoms with Crippen LogP contribution in [0.1, 0.15) is 304 Å². The van der Waals surface area contributed by atoms with E-state index in [4.69, 9.17) is 37.0 Å². The van der Waals surface area contributed by atoms with Crippen molar-refractivity contribution in [1.29, 1.82) is 0 Å². The molecular weight excluding hydrogens is 1070 g/mol. The fourth-order valence-electron chi connectivity index (χ4n) is 9.05. The van der Waals surface area contributed by atoms with Gasteiger partial charge in [-0.05, 0) is 31.6 Å². The van der Waals surface area contributed by atoms with E-state index in [0.717, 1.165) is 102 Å². The Balaban J connectivity index is 5.10. The van der Waals surface area contributed by atoms with E-state index in [9.17, 15) is 43.2 Å². The quantitative estimate of drug-likeness (QED) is 0.0222. The molecule has 0 amide bonds. The van der Waals surface area contributed by atoms with E-state index in [1.807, 2.05) is 0 Å². The van der Waals surface area contributed by atoms with Crippen molar-refractivity contribution in [3.05, 3.63) is 0 Å². The molecule has 0 spiro atoms. The normalized spacial score (nSPS) is 14.3. The summed E-state index contributed by atoms with van der Waals surface area (Å²) < 4.78 is 67.5. The summed E-state index contributed by atoms with van der Waals surface area (Å²) >= 11 is 0. The Morgan fingerprint density at radius 2 is 0.575 bits per heavy atom. The molecule has 0 aliphatic rings. The van der Waals surface area contributed by atoms with Crippen LogP contribution in [0.2, 0.25) is 0 Å². The summed E-state index contributed by atoms with van der Waals surface area (Å²) in [6.07, 6.45) is 38.3. The zero-order chi connectivity index (χ0) is 59.2. The lowest BCUT2D eigenvalue weighted by atomic mass is 10.0. The van der Waals surface area contributed by atoms with Crippen LogP contribution in [-0.4, -0.2) is 96.7 Å². The molecule has 3 N–H and O–H groups in total. The number of phosphoric ester groups is 2. The lowest BCUT2D eigenvalue weighted by molar-refractivity contribution is -0.161. The highest BCUT2D eigenvalue weighted by Crippen LogP contribution is 2.45. The van der Waals surface area contributed by atoms with Gasteiger partial charge in [0.25, 0.3) is 0 Å². The second-order valence-electron chi connectivity index (χ2n) is 22.6. The Labute approximate surface area is 486 Å². The molecule has 80 heavy (non-hydrogen) atoms. The van der Waals surface area contributed by atoms with Gasteiger partial charge in [0.1, 0.15) is 19.3 Å². The molecule has 0 saturated heterocycles. The number of aliphatic hydroxyl groups excluding tert-OH is 1. The van der Waals surface area contributed by atoms with Gasteiger partial charge in [0, 0.05) is 25.7 Å². The summed E-state index contributed by atoms with van der Waals surface area (Å²) in [5.74, 6) is -1.36. The van der Waals surface area contributed by atoms with Crippen LogP contribution >= 0.6 is 15.6 Å². The molecule has 0 rings (SSSR count). The van der Waals surface area contributed by atoms with Gasteiger partial charge in [-0.25, -0.2) is 9.13 Å². The van der Waals surface area contributed by atoms with Gasteiger partial charge in [-0.15, -0.1) is 0 Å². The highest BCUT2D eigenvalue weighted by molar-refractivity contribution is 7.47. The van der Waals surface area contributed by atoms with Crippen LogP contribution in [-0.2, 0) is 65.4 Å². The average molecular weight is 1190 g/mol. The van der Waals surface area contributed by atoms with Gasteiger partial charge >= 0.3 is 39.5 Å². The highest BCUT2D eigenvalue weighted by Gasteiger charge is 2.30. The number of ether oxygens (including phenoxy) is 4. The van der Waals surface area contributed by atoms with E-state index < -0.39 is 97.5 Å². The average Bonchev–Trinajstić information content (AvgIpc) is 3.42. The minimum atomic E-state index is -4.94. The zero-order valence-electron chi connectivity index (χ0n) is 51.2. The number of aliphatic hydroxyl groups is 1. The van der Waals surface area contributed by atoms with Crippen LogP contribution < -0.4 is 0 Å². The van der Waals surface area contributed by atoms with Crippen molar-refractivity contribution in [2.45, 2.75) is 323 Å². The van der Waals surface area contributed by atoms with Gasteiger partial charge < -0.3 is 33.8 Å². The first kappa shape index (κ1) is 78.1. The molecule has 0 saturated carbocycles. The highest BCUT2D eigenvalue weighted by atomic mass is 31.2. The second-order valence-corrected chi connectivity index (χ2v) is 25.5. The smallest absolute Gasteiger partial charge is 0.462 e. The largest absolute Gasteiger partial charge is 0.472 e. The van der Waals surface area contributed by atoms with Crippen molar-refractivity contribution in [2.75, 3.05) is 39.6 Å². The minimum absolute atomic E-state index is 0.0989. The van der Waals surface area contributed by atoms with E-state index in [1.165, 1.54) is 122 Å². The number of carbonyl (C=O) groups excluding carboxylic acids is 4. The van der Waals surface area contributed by atoms with Crippen LogP contribution in [0, 0.1) is 5.92 Å². The van der Waals surface area contributed by atoms with Crippen molar-refractivity contribution < 1.29 is 80.2 Å². The summed E-state index contributed by atoms with van der Waals surface area (Å²) in [6.45, 7) is 7.01. The maximum atomic E-state index is 13.0. The predicted octanol–water partition coefficient (Wildman–Crippen LogP) is 16.6. The first-order valence-corrected chi connectivity index (χ1v) is 35.1. The van der Waals surface area contributed by atoms with E-state index in [1.54, 1.807) is 0 Å². The lowest BCUT2D eigenvalue weighted by Gasteiger charge is -2.21. The van der Waals surface area contributed by atoms with Crippen LogP contribution in [0.25, 0.3) is 0 Å². The van der Waals surface area contributed by atoms with Gasteiger partial charge in [-0.3, -0.25) is 37.3 Å². The first-order chi connectivity index (χ1) is 38.5. The zero-order valence-corrected chi connectivity index (χ0v) is 53.0. The summed E-state index contributed by atoms with van der Waals surface area (Å²) in [5.41, 5.74) is 0. The molecule has 2 unspecified atom stereocenters. The molecule has 19 heteroatoms. The number of hydrogen-bond acceptors (Lipinski definition) is 15. The van der Waals surface area contributed by atoms with Gasteiger partial charge in [0.05, 0.1) is 26.4 Å². The molecule has 0 aliphatic carbocycles. The van der Waals surface area contributed by atoms with Crippen molar-refractivity contribution in [3.8, 4) is 0 Å². The maximum Gasteiger partial charge on any atom is 0.472 e. The van der Waals surface area contributed by atoms with Crippen LogP contribution in [0.5, 0.6) is 0 Å². The first-order valence-electron chi connectivity index (χ1n) is 32.1. The third-order valence-electron chi connectivity index (χ3n) is 14.0. The Kier molecular flexibility index (Phi) is 53.6. The van der Waals surface area contributed by atoms with E-state index in [2.05, 4.69) is 34.6 Å². The maximum absolute atomic E-state index is 13.0. The van der Waals surface area contributed by atoms with Gasteiger partial charge in [0.15, 0.2) is 12.2 Å². The van der Waals surface area contributed by atoms with Crippen molar-refractivity contribution in [1.82, 2.24) is 0 Å². The second kappa shape index (κ2) is 55.0. The molecule has 17 nitrogen and oxygen atoms in total. The van der Waals surface area contributed by atoms with Crippen molar-refractivity contribution >= 4 is 39.5 Å². The Morgan fingerprint density at radius 3 is 0.850 bits per heavy atom. The number of rotatable bonds is 61. The third-order valence-corrected chi connectivity index (χ3v) is 15.9. The molecule has 474 valence electrons. The van der Waals surface area contributed by atoms with Gasteiger partial charge in [0.2, 0.25) is 0 Å². The van der Waals surface area contributed by atoms with Gasteiger partial charge in [-0.1, -0.05) is 253 Å². The number of phosphoric acid groups is 2. The standard InChI is InChI=1S/C61H118O17P2/c1-6-9-12-15-16-17-18-21-25-28-31-36-40-45-59(64)72-51-57(78-61(66)47-42-37-32-29-26-23-20-19-22-24-27-30-35-38-43-54(4)5)53-76-80(69,70)74-49-55(62)48-73-79(67,68)75-52-56(77-60(65)46-41-34-14-11-8-3)50-71-58(63)44-39-33-13-10-7-2/h54-57,62H,6-53H2,1-5H3,(H,67,68)(H,69,70)/t55-,56+,57+/m0/s1. The van der Waals surface area contributed by atoms with Gasteiger partial charge in [-0.2, -0.15) is 0 Å². The molecule has 0 aromatic heterocycles. The SMILES string of the molecule is CCCCCCCCCCCCCCCC(=O)OC[C@H](COP(=O)(O)OC[C@@H](O)COP(=O)(O)OC[C@@H](COC(=O)CCCCCCC)OC(=O)CCCCCCC)OC(=O)CCCCCCCCCCCCCCCCC(C)C. The fourth-order valence-corrected chi connectivity index (χ4v) is 10.6. The van der Waals surface area contributed by atoms with E-state index in [0.29, 0.717) is 25.7 Å². The Morgan fingerprint density at radius 1 is 0.338 bits per heavy atom. The molecule has 0 heterocycles. The van der Waals surface area contributed by atoms with Crippen molar-refractivity contribution in [2.24, 2.45) is 5.92 Å². The number of hydrogen-bond donors (Lipinski definition) is 3. The molecule has 0 fully saturated rings. The summed E-state index contributed by atoms with van der Waals surface area (Å²) in [7, 11) is -9.86. The molecule has 0 aromatic rings. The number of unbranched alkanes of at least 4 members (excludes halogenated alkanes) is 33. The van der Waals surface area contributed by atoms with Crippen LogP contribution in [0.4, 0.5) is 0 Å². The van der Waals surface area contributed by atoms with Crippen LogP contribution in [0.3, 0.4) is 0 Å². The topological polar surface area (TPSA) is 237 Å². The predicted molar refractivity (Wildman–Crippen MR) is 317 cm³/mol. The minimum Gasteiger partial charge on any atom is -0.462 e. The van der Waals surface area contributed by atoms with E-state index in [-0.39, 0.29) is 25.7 Å². The third kappa shape index (κ3) is 55.3. The molecule has 5 atom stereocenters. The molecular formula is C61H118O17P2.